The molecule has 0 aliphatic heterocycles. The van der Waals surface area contributed by atoms with Crippen molar-refractivity contribution in [1.29, 1.82) is 0 Å². The monoisotopic (exact) mass is 449 g/mol. The fraction of sp³-hybridized carbons (Fsp3) is 0.130. The number of rotatable bonds is 6. The van der Waals surface area contributed by atoms with Crippen molar-refractivity contribution < 1.29 is 9.59 Å². The molecule has 1 radical (unpaired) electrons. The summed E-state index contributed by atoms with van der Waals surface area (Å²) in [5.74, 6) is -0.617. The molecule has 1 aliphatic rings. The van der Waals surface area contributed by atoms with Gasteiger partial charge in [0.2, 0.25) is 5.13 Å². The SMILES string of the molecule is [CH2]CN(CC)c1ccc(/N=N/c2nc(Cl)c(C=C3C(=O)c4ccccc4C3=O)s2)cc1. The standard InChI is InChI=1S/C23H18ClN4O2S/c1-3-28(4-2)15-11-9-14(10-12-15)26-27-23-25-22(24)19(31-23)13-18-20(29)16-7-5-6-8-17(16)21(18)30/h5-13H,1,3-4H2,2H3/b27-26+. The van der Waals surface area contributed by atoms with Gasteiger partial charge in [-0.05, 0) is 44.2 Å². The second-order valence-electron chi connectivity index (χ2n) is 6.71. The Balaban J connectivity index is 1.54. The lowest BCUT2D eigenvalue weighted by Crippen LogP contribution is -2.21. The van der Waals surface area contributed by atoms with E-state index in [2.05, 4.69) is 34.0 Å². The highest BCUT2D eigenvalue weighted by Gasteiger charge is 2.33. The maximum atomic E-state index is 12.6. The Bertz CT molecular complexity index is 1170. The molecule has 0 atom stereocenters. The number of carbonyl (C=O) groups excluding carboxylic acids is 2. The number of ketones is 2. The molecule has 6 nitrogen and oxygen atoms in total. The zero-order valence-electron chi connectivity index (χ0n) is 16.7. The van der Waals surface area contributed by atoms with E-state index >= 15 is 0 Å². The molecule has 0 N–H and O–H groups in total. The number of hydrogen-bond donors (Lipinski definition) is 0. The van der Waals surface area contributed by atoms with Crippen LogP contribution in [0.2, 0.25) is 5.15 Å². The predicted molar refractivity (Wildman–Crippen MR) is 124 cm³/mol. The van der Waals surface area contributed by atoms with E-state index in [0.29, 0.717) is 33.4 Å². The summed E-state index contributed by atoms with van der Waals surface area (Å²) < 4.78 is 0. The van der Waals surface area contributed by atoms with Crippen molar-refractivity contribution in [3.63, 3.8) is 0 Å². The Hall–Kier alpha value is -3.16. The van der Waals surface area contributed by atoms with Gasteiger partial charge in [0.05, 0.1) is 16.1 Å². The lowest BCUT2D eigenvalue weighted by atomic mass is 10.1. The molecule has 0 fully saturated rings. The molecule has 1 aromatic heterocycles. The number of fused-ring (bicyclic) bond motifs is 1. The van der Waals surface area contributed by atoms with Gasteiger partial charge in [-0.15, -0.1) is 10.2 Å². The molecule has 0 saturated carbocycles. The second kappa shape index (κ2) is 8.91. The first-order chi connectivity index (χ1) is 15.0. The minimum absolute atomic E-state index is 0.0803. The molecule has 0 unspecified atom stereocenters. The van der Waals surface area contributed by atoms with Crippen molar-refractivity contribution >= 4 is 57.1 Å². The van der Waals surface area contributed by atoms with Gasteiger partial charge in [-0.1, -0.05) is 47.2 Å². The summed E-state index contributed by atoms with van der Waals surface area (Å²) in [6, 6.07) is 14.4. The zero-order valence-corrected chi connectivity index (χ0v) is 18.3. The number of halogens is 1. The van der Waals surface area contributed by atoms with E-state index in [9.17, 15) is 9.59 Å². The van der Waals surface area contributed by atoms with Crippen LogP contribution >= 0.6 is 22.9 Å². The van der Waals surface area contributed by atoms with Crippen LogP contribution in [0.25, 0.3) is 6.08 Å². The Morgan fingerprint density at radius 3 is 2.29 bits per heavy atom. The van der Waals surface area contributed by atoms with Gasteiger partial charge >= 0.3 is 0 Å². The maximum Gasteiger partial charge on any atom is 0.231 e. The minimum Gasteiger partial charge on any atom is -0.372 e. The number of aromatic nitrogens is 1. The molecule has 4 rings (SSSR count). The summed E-state index contributed by atoms with van der Waals surface area (Å²) in [4.78, 5) is 31.9. The number of hydrogen-bond acceptors (Lipinski definition) is 7. The van der Waals surface area contributed by atoms with Crippen molar-refractivity contribution in [3.05, 3.63) is 82.2 Å². The summed E-state index contributed by atoms with van der Waals surface area (Å²) >= 11 is 7.38. The van der Waals surface area contributed by atoms with E-state index < -0.39 is 0 Å². The molecule has 31 heavy (non-hydrogen) atoms. The van der Waals surface area contributed by atoms with Gasteiger partial charge in [-0.25, -0.2) is 4.98 Å². The fourth-order valence-electron chi connectivity index (χ4n) is 3.27. The fourth-order valence-corrected chi connectivity index (χ4v) is 4.29. The van der Waals surface area contributed by atoms with Crippen LogP contribution in [-0.4, -0.2) is 29.6 Å². The number of nitrogens with zero attached hydrogens (tertiary/aromatic N) is 4. The van der Waals surface area contributed by atoms with E-state index in [4.69, 9.17) is 11.6 Å². The molecule has 0 spiro atoms. The Morgan fingerprint density at radius 1 is 1.06 bits per heavy atom. The van der Waals surface area contributed by atoms with Gasteiger partial charge in [0.1, 0.15) is 5.15 Å². The molecule has 1 heterocycles. The third kappa shape index (κ3) is 4.19. The number of carbonyl (C=O) groups is 2. The van der Waals surface area contributed by atoms with E-state index in [-0.39, 0.29) is 22.3 Å². The predicted octanol–water partition coefficient (Wildman–Crippen LogP) is 6.33. The van der Waals surface area contributed by atoms with E-state index in [1.807, 2.05) is 24.3 Å². The summed E-state index contributed by atoms with van der Waals surface area (Å²) in [5.41, 5.74) is 2.63. The average Bonchev–Trinajstić information content (AvgIpc) is 3.26. The van der Waals surface area contributed by atoms with Gasteiger partial charge in [-0.3, -0.25) is 9.59 Å². The molecule has 2 aromatic carbocycles. The van der Waals surface area contributed by atoms with Crippen molar-refractivity contribution in [2.24, 2.45) is 10.2 Å². The van der Waals surface area contributed by atoms with Crippen LogP contribution < -0.4 is 4.90 Å². The maximum absolute atomic E-state index is 12.6. The van der Waals surface area contributed by atoms with Crippen LogP contribution in [0.4, 0.5) is 16.5 Å². The zero-order chi connectivity index (χ0) is 22.0. The number of thiazole rings is 1. The van der Waals surface area contributed by atoms with Gasteiger partial charge in [0, 0.05) is 29.9 Å². The van der Waals surface area contributed by atoms with E-state index in [0.717, 1.165) is 23.6 Å². The minimum atomic E-state index is -0.309. The number of anilines is 1. The van der Waals surface area contributed by atoms with Crippen LogP contribution in [0.5, 0.6) is 0 Å². The number of allylic oxidation sites excluding steroid dienone is 1. The van der Waals surface area contributed by atoms with Crippen LogP contribution in [0.3, 0.4) is 0 Å². The van der Waals surface area contributed by atoms with Crippen LogP contribution in [0.1, 0.15) is 32.5 Å². The van der Waals surface area contributed by atoms with Crippen LogP contribution in [0.15, 0.2) is 64.3 Å². The Kier molecular flexibility index (Phi) is 6.06. The molecule has 155 valence electrons. The third-order valence-corrected chi connectivity index (χ3v) is 6.18. The number of azo groups is 1. The molecule has 8 heteroatoms. The summed E-state index contributed by atoms with van der Waals surface area (Å²) in [5, 5.41) is 8.86. The van der Waals surface area contributed by atoms with Crippen LogP contribution in [-0.2, 0) is 0 Å². The highest BCUT2D eigenvalue weighted by atomic mass is 35.5. The van der Waals surface area contributed by atoms with Crippen LogP contribution in [0, 0.1) is 6.92 Å². The quantitative estimate of drug-likeness (QED) is 0.250. The Morgan fingerprint density at radius 2 is 1.71 bits per heavy atom. The van der Waals surface area contributed by atoms with Crippen molar-refractivity contribution in [1.82, 2.24) is 4.98 Å². The van der Waals surface area contributed by atoms with Crippen molar-refractivity contribution in [2.75, 3.05) is 18.0 Å². The lowest BCUT2D eigenvalue weighted by molar-refractivity contribution is 0.0990. The highest BCUT2D eigenvalue weighted by molar-refractivity contribution is 7.16. The molecule has 0 amide bonds. The number of Topliss-reactive ketones (excluding diaryl/α,β-unsaturated/α-hetero) is 2. The normalized spacial score (nSPS) is 13.2. The largest absolute Gasteiger partial charge is 0.372 e. The first kappa shape index (κ1) is 21.1. The average molecular weight is 450 g/mol. The molecular formula is C23H18ClN4O2S. The molecule has 1 aliphatic carbocycles. The summed E-state index contributed by atoms with van der Waals surface area (Å²) in [7, 11) is 0. The highest BCUT2D eigenvalue weighted by Crippen LogP contribution is 2.35. The van der Waals surface area contributed by atoms with Gasteiger partial charge < -0.3 is 4.90 Å². The smallest absolute Gasteiger partial charge is 0.231 e. The summed E-state index contributed by atoms with van der Waals surface area (Å²) in [6.07, 6.45) is 1.48. The molecular weight excluding hydrogens is 432 g/mol. The van der Waals surface area contributed by atoms with Gasteiger partial charge in [0.15, 0.2) is 11.6 Å². The lowest BCUT2D eigenvalue weighted by Gasteiger charge is -2.20. The topological polar surface area (TPSA) is 75.0 Å². The van der Waals surface area contributed by atoms with Crippen molar-refractivity contribution in [2.45, 2.75) is 6.92 Å². The third-order valence-electron chi connectivity index (χ3n) is 4.90. The number of benzene rings is 2. The summed E-state index contributed by atoms with van der Waals surface area (Å²) in [6.45, 7) is 7.55. The first-order valence-electron chi connectivity index (χ1n) is 9.64. The van der Waals surface area contributed by atoms with Gasteiger partial charge in [-0.2, -0.15) is 0 Å². The van der Waals surface area contributed by atoms with Crippen molar-refractivity contribution in [3.8, 4) is 0 Å². The molecule has 3 aromatic rings. The molecule has 0 bridgehead atoms. The van der Waals surface area contributed by atoms with E-state index in [1.54, 1.807) is 24.3 Å². The van der Waals surface area contributed by atoms with Gasteiger partial charge in [0.25, 0.3) is 0 Å². The second-order valence-corrected chi connectivity index (χ2v) is 8.08. The Labute approximate surface area is 188 Å². The molecule has 0 saturated heterocycles. The van der Waals surface area contributed by atoms with E-state index in [1.165, 1.54) is 6.08 Å². The first-order valence-corrected chi connectivity index (χ1v) is 10.8.